The first-order valence-corrected chi connectivity index (χ1v) is 6.76. The van der Waals surface area contributed by atoms with E-state index in [4.69, 9.17) is 14.2 Å². The second-order valence-electron chi connectivity index (χ2n) is 4.79. The first kappa shape index (κ1) is 14.7. The second-order valence-corrected chi connectivity index (χ2v) is 5.70. The summed E-state index contributed by atoms with van der Waals surface area (Å²) in [5.41, 5.74) is 0. The Morgan fingerprint density at radius 3 is 2.53 bits per heavy atom. The molecule has 1 atom stereocenters. The van der Waals surface area contributed by atoms with Crippen LogP contribution in [0.25, 0.3) is 0 Å². The van der Waals surface area contributed by atoms with Crippen LogP contribution in [0.5, 0.6) is 5.75 Å². The lowest BCUT2D eigenvalue weighted by atomic mass is 10.3. The lowest BCUT2D eigenvalue weighted by molar-refractivity contribution is -0.139. The summed E-state index contributed by atoms with van der Waals surface area (Å²) in [7, 11) is 0. The molecule has 1 fully saturated rings. The highest BCUT2D eigenvalue weighted by Crippen LogP contribution is 2.27. The first-order chi connectivity index (χ1) is 8.87. The Balaban J connectivity index is 1.87. The smallest absolute Gasteiger partial charge is 0.190 e. The molecule has 0 N–H and O–H groups in total. The summed E-state index contributed by atoms with van der Waals surface area (Å²) in [6.07, 6.45) is 0.398. The minimum Gasteiger partial charge on any atom is -0.488 e. The summed E-state index contributed by atoms with van der Waals surface area (Å²) in [6, 6.07) is 2.33. The number of ether oxygens (including phenoxy) is 3. The van der Waals surface area contributed by atoms with Crippen molar-refractivity contribution in [3.05, 3.63) is 28.2 Å². The van der Waals surface area contributed by atoms with Crippen LogP contribution in [0, 0.1) is 11.6 Å². The highest BCUT2D eigenvalue weighted by molar-refractivity contribution is 9.10. The van der Waals surface area contributed by atoms with Gasteiger partial charge in [-0.2, -0.15) is 0 Å². The van der Waals surface area contributed by atoms with Gasteiger partial charge >= 0.3 is 0 Å². The van der Waals surface area contributed by atoms with E-state index in [1.54, 1.807) is 0 Å². The molecule has 1 aliphatic heterocycles. The fraction of sp³-hybridized carbons (Fsp3) is 0.538. The Bertz CT molecular complexity index is 442. The number of rotatable bonds is 4. The van der Waals surface area contributed by atoms with Crippen LogP contribution in [0.4, 0.5) is 8.78 Å². The van der Waals surface area contributed by atoms with Gasteiger partial charge < -0.3 is 14.2 Å². The summed E-state index contributed by atoms with van der Waals surface area (Å²) in [6.45, 7) is 4.27. The van der Waals surface area contributed by atoms with Crippen LogP contribution in [0.15, 0.2) is 16.6 Å². The zero-order chi connectivity index (χ0) is 14.0. The van der Waals surface area contributed by atoms with Gasteiger partial charge in [-0.05, 0) is 26.0 Å². The predicted octanol–water partition coefficient (Wildman–Crippen LogP) is 3.65. The Morgan fingerprint density at radius 1 is 1.37 bits per heavy atom. The van der Waals surface area contributed by atoms with Crippen molar-refractivity contribution in [1.82, 2.24) is 0 Å². The van der Waals surface area contributed by atoms with Crippen LogP contribution < -0.4 is 4.74 Å². The lowest BCUT2D eigenvalue weighted by Gasteiger charge is -2.17. The Hall–Kier alpha value is -0.720. The van der Waals surface area contributed by atoms with Gasteiger partial charge in [0.1, 0.15) is 0 Å². The van der Waals surface area contributed by atoms with Gasteiger partial charge in [-0.1, -0.05) is 15.9 Å². The van der Waals surface area contributed by atoms with E-state index in [0.29, 0.717) is 17.5 Å². The molecule has 0 bridgehead atoms. The van der Waals surface area contributed by atoms with E-state index in [2.05, 4.69) is 15.9 Å². The summed E-state index contributed by atoms with van der Waals surface area (Å²) < 4.78 is 43.4. The zero-order valence-corrected chi connectivity index (χ0v) is 12.3. The minimum atomic E-state index is -0.726. The fourth-order valence-electron chi connectivity index (χ4n) is 1.86. The molecule has 19 heavy (non-hydrogen) atoms. The standard InChI is InChI=1S/C13H15BrF2O3/c1-13(2)18-7-9(19-13)3-4-17-12-10(15)5-8(14)6-11(12)16/h5-6,9H,3-4,7H2,1-2H3. The van der Waals surface area contributed by atoms with E-state index >= 15 is 0 Å². The van der Waals surface area contributed by atoms with Crippen LogP contribution in [-0.2, 0) is 9.47 Å². The molecular weight excluding hydrogens is 322 g/mol. The highest BCUT2D eigenvalue weighted by Gasteiger charge is 2.32. The van der Waals surface area contributed by atoms with Gasteiger partial charge in [0.15, 0.2) is 23.2 Å². The normalized spacial score (nSPS) is 21.6. The van der Waals surface area contributed by atoms with E-state index in [1.807, 2.05) is 13.8 Å². The molecule has 1 aliphatic rings. The summed E-state index contributed by atoms with van der Waals surface area (Å²) in [5, 5.41) is 0. The Kier molecular flexibility index (Phi) is 4.43. The van der Waals surface area contributed by atoms with Gasteiger partial charge in [0.25, 0.3) is 0 Å². The maximum absolute atomic E-state index is 13.5. The minimum absolute atomic E-state index is 0.114. The summed E-state index contributed by atoms with van der Waals surface area (Å²) in [4.78, 5) is 0. The number of hydrogen-bond acceptors (Lipinski definition) is 3. The largest absolute Gasteiger partial charge is 0.488 e. The first-order valence-electron chi connectivity index (χ1n) is 5.96. The third kappa shape index (κ3) is 3.87. The molecule has 106 valence electrons. The van der Waals surface area contributed by atoms with Crippen molar-refractivity contribution in [3.63, 3.8) is 0 Å². The molecule has 1 aromatic carbocycles. The van der Waals surface area contributed by atoms with E-state index < -0.39 is 17.4 Å². The monoisotopic (exact) mass is 336 g/mol. The van der Waals surface area contributed by atoms with Gasteiger partial charge in [-0.25, -0.2) is 8.78 Å². The van der Waals surface area contributed by atoms with Gasteiger partial charge in [0, 0.05) is 10.9 Å². The van der Waals surface area contributed by atoms with Crippen molar-refractivity contribution in [1.29, 1.82) is 0 Å². The van der Waals surface area contributed by atoms with Crippen molar-refractivity contribution >= 4 is 15.9 Å². The highest BCUT2D eigenvalue weighted by atomic mass is 79.9. The van der Waals surface area contributed by atoms with Crippen LogP contribution in [0.3, 0.4) is 0 Å². The number of benzene rings is 1. The average molecular weight is 337 g/mol. The van der Waals surface area contributed by atoms with Crippen molar-refractivity contribution in [3.8, 4) is 5.75 Å². The molecule has 0 spiro atoms. The Labute approximate surface area is 119 Å². The maximum Gasteiger partial charge on any atom is 0.190 e. The summed E-state index contributed by atoms with van der Waals surface area (Å²) in [5.74, 6) is -2.41. The Morgan fingerprint density at radius 2 is 2.00 bits per heavy atom. The number of hydrogen-bond donors (Lipinski definition) is 0. The van der Waals surface area contributed by atoms with Crippen LogP contribution in [0.2, 0.25) is 0 Å². The molecule has 1 aromatic rings. The molecule has 2 rings (SSSR count). The second kappa shape index (κ2) is 5.73. The van der Waals surface area contributed by atoms with Gasteiger partial charge in [0.2, 0.25) is 0 Å². The van der Waals surface area contributed by atoms with Crippen molar-refractivity contribution in [2.24, 2.45) is 0 Å². The van der Waals surface area contributed by atoms with Crippen LogP contribution >= 0.6 is 15.9 Å². The fourth-order valence-corrected chi connectivity index (χ4v) is 2.27. The van der Waals surface area contributed by atoms with Gasteiger partial charge in [-0.15, -0.1) is 0 Å². The van der Waals surface area contributed by atoms with E-state index in [1.165, 1.54) is 0 Å². The third-order valence-electron chi connectivity index (χ3n) is 2.72. The molecule has 3 nitrogen and oxygen atoms in total. The van der Waals surface area contributed by atoms with E-state index in [0.717, 1.165) is 12.1 Å². The van der Waals surface area contributed by atoms with E-state index in [9.17, 15) is 8.78 Å². The molecule has 1 unspecified atom stereocenters. The SMILES string of the molecule is CC1(C)OCC(CCOc2c(F)cc(Br)cc2F)O1. The third-order valence-corrected chi connectivity index (χ3v) is 3.17. The summed E-state index contributed by atoms with van der Waals surface area (Å²) >= 11 is 3.01. The predicted molar refractivity (Wildman–Crippen MR) is 69.1 cm³/mol. The molecule has 0 radical (unpaired) electrons. The molecule has 0 saturated carbocycles. The van der Waals surface area contributed by atoms with E-state index in [-0.39, 0.29) is 18.5 Å². The van der Waals surface area contributed by atoms with Crippen LogP contribution in [-0.4, -0.2) is 25.1 Å². The molecule has 0 aromatic heterocycles. The number of halogens is 3. The van der Waals surface area contributed by atoms with Gasteiger partial charge in [0.05, 0.1) is 19.3 Å². The topological polar surface area (TPSA) is 27.7 Å². The lowest BCUT2D eigenvalue weighted by Crippen LogP contribution is -2.22. The molecule has 1 heterocycles. The maximum atomic E-state index is 13.5. The van der Waals surface area contributed by atoms with Crippen molar-refractivity contribution in [2.75, 3.05) is 13.2 Å². The zero-order valence-electron chi connectivity index (χ0n) is 10.7. The molecule has 0 aliphatic carbocycles. The van der Waals surface area contributed by atoms with Crippen LogP contribution in [0.1, 0.15) is 20.3 Å². The molecule has 0 amide bonds. The van der Waals surface area contributed by atoms with Crippen molar-refractivity contribution in [2.45, 2.75) is 32.2 Å². The average Bonchev–Trinajstić information content (AvgIpc) is 2.62. The quantitative estimate of drug-likeness (QED) is 0.839. The van der Waals surface area contributed by atoms with Gasteiger partial charge in [-0.3, -0.25) is 0 Å². The molecule has 6 heteroatoms. The molecule has 1 saturated heterocycles. The molecular formula is C13H15BrF2O3. The van der Waals surface area contributed by atoms with Crippen molar-refractivity contribution < 1.29 is 23.0 Å².